The molecule has 0 spiro atoms. The summed E-state index contributed by atoms with van der Waals surface area (Å²) < 4.78 is 0. The molecule has 0 radical (unpaired) electrons. The lowest BCUT2D eigenvalue weighted by molar-refractivity contribution is 0.0988. The molecule has 2 amide bonds. The van der Waals surface area contributed by atoms with E-state index < -0.39 is 18.2 Å². The van der Waals surface area contributed by atoms with Crippen molar-refractivity contribution in [2.45, 2.75) is 31.9 Å². The number of aliphatic hydroxyl groups excluding tert-OH is 1. The molecule has 5 heteroatoms. The van der Waals surface area contributed by atoms with E-state index in [9.17, 15) is 14.7 Å². The molecule has 0 fully saturated rings. The molecule has 24 heavy (non-hydrogen) atoms. The molecule has 0 heterocycles. The van der Waals surface area contributed by atoms with Gasteiger partial charge in [0.25, 0.3) is 0 Å². The largest absolute Gasteiger partial charge is 0.390 e. The standard InChI is InChI=1S/C19H20N2O3/c1-2-16(22)13-7-5-8-14(10-13)20-19(24)21-18-15-9-4-3-6-12(15)11-17(18)23/h3-10,17-18,23H,2,11H2,1H3,(H2,20,21,24). The van der Waals surface area contributed by atoms with Crippen LogP contribution in [0.25, 0.3) is 0 Å². The van der Waals surface area contributed by atoms with Gasteiger partial charge < -0.3 is 15.7 Å². The van der Waals surface area contributed by atoms with Crippen molar-refractivity contribution in [3.63, 3.8) is 0 Å². The summed E-state index contributed by atoms with van der Waals surface area (Å²) in [5, 5.41) is 15.7. The fraction of sp³-hybridized carbons (Fsp3) is 0.263. The van der Waals surface area contributed by atoms with Gasteiger partial charge in [-0.05, 0) is 23.3 Å². The van der Waals surface area contributed by atoms with E-state index in [1.54, 1.807) is 31.2 Å². The molecule has 2 aromatic carbocycles. The first-order chi connectivity index (χ1) is 11.6. The summed E-state index contributed by atoms with van der Waals surface area (Å²) in [6.07, 6.45) is 0.309. The van der Waals surface area contributed by atoms with Crippen LogP contribution in [0.3, 0.4) is 0 Å². The minimum Gasteiger partial charge on any atom is -0.390 e. The SMILES string of the molecule is CCC(=O)c1cccc(NC(=O)NC2c3ccccc3CC2O)c1. The van der Waals surface area contributed by atoms with Crippen molar-refractivity contribution in [1.29, 1.82) is 0 Å². The summed E-state index contributed by atoms with van der Waals surface area (Å²) in [6, 6.07) is 13.7. The van der Waals surface area contributed by atoms with E-state index in [2.05, 4.69) is 10.6 Å². The van der Waals surface area contributed by atoms with Crippen LogP contribution >= 0.6 is 0 Å². The van der Waals surface area contributed by atoms with Gasteiger partial charge in [0.1, 0.15) is 0 Å². The van der Waals surface area contributed by atoms with Gasteiger partial charge >= 0.3 is 6.03 Å². The summed E-state index contributed by atoms with van der Waals surface area (Å²) >= 11 is 0. The molecule has 0 aromatic heterocycles. The molecular weight excluding hydrogens is 304 g/mol. The number of Topliss-reactive ketones (excluding diaryl/α,β-unsaturated/α-hetero) is 1. The smallest absolute Gasteiger partial charge is 0.319 e. The first kappa shape index (κ1) is 16.2. The lowest BCUT2D eigenvalue weighted by Crippen LogP contribution is -2.36. The molecule has 2 atom stereocenters. The van der Waals surface area contributed by atoms with Crippen LogP contribution in [-0.2, 0) is 6.42 Å². The highest BCUT2D eigenvalue weighted by atomic mass is 16.3. The van der Waals surface area contributed by atoms with Crippen LogP contribution < -0.4 is 10.6 Å². The molecule has 2 aromatic rings. The van der Waals surface area contributed by atoms with Crippen molar-refractivity contribution in [3.05, 3.63) is 65.2 Å². The molecule has 5 nitrogen and oxygen atoms in total. The van der Waals surface area contributed by atoms with Gasteiger partial charge in [-0.3, -0.25) is 4.79 Å². The number of fused-ring (bicyclic) bond motifs is 1. The predicted molar refractivity (Wildman–Crippen MR) is 92.1 cm³/mol. The second-order valence-electron chi connectivity index (χ2n) is 5.90. The maximum atomic E-state index is 12.3. The second kappa shape index (κ2) is 6.84. The molecule has 3 N–H and O–H groups in total. The maximum absolute atomic E-state index is 12.3. The van der Waals surface area contributed by atoms with E-state index >= 15 is 0 Å². The zero-order valence-corrected chi connectivity index (χ0v) is 13.5. The van der Waals surface area contributed by atoms with Crippen molar-refractivity contribution in [3.8, 4) is 0 Å². The number of rotatable bonds is 4. The molecule has 3 rings (SSSR count). The quantitative estimate of drug-likeness (QED) is 0.756. The summed E-state index contributed by atoms with van der Waals surface area (Å²) in [5.41, 5.74) is 3.11. The van der Waals surface area contributed by atoms with Crippen LogP contribution in [-0.4, -0.2) is 23.0 Å². The average Bonchev–Trinajstić information content (AvgIpc) is 2.90. The van der Waals surface area contributed by atoms with Crippen LogP contribution in [0.5, 0.6) is 0 Å². The maximum Gasteiger partial charge on any atom is 0.319 e. The van der Waals surface area contributed by atoms with E-state index in [-0.39, 0.29) is 5.78 Å². The van der Waals surface area contributed by atoms with E-state index in [1.165, 1.54) is 0 Å². The van der Waals surface area contributed by atoms with Crippen LogP contribution in [0.1, 0.15) is 40.9 Å². The second-order valence-corrected chi connectivity index (χ2v) is 5.90. The van der Waals surface area contributed by atoms with E-state index in [1.807, 2.05) is 24.3 Å². The molecule has 0 saturated carbocycles. The number of anilines is 1. The lowest BCUT2D eigenvalue weighted by atomic mass is 10.1. The van der Waals surface area contributed by atoms with Gasteiger partial charge in [0.2, 0.25) is 0 Å². The molecule has 1 aliphatic rings. The minimum atomic E-state index is -0.638. The zero-order chi connectivity index (χ0) is 17.1. The number of nitrogens with one attached hydrogen (secondary N) is 2. The number of carbonyl (C=O) groups excluding carboxylic acids is 2. The number of hydrogen-bond donors (Lipinski definition) is 3. The first-order valence-electron chi connectivity index (χ1n) is 8.05. The predicted octanol–water partition coefficient (Wildman–Crippen LogP) is 3.06. The summed E-state index contributed by atoms with van der Waals surface area (Å²) in [7, 11) is 0. The molecule has 124 valence electrons. The van der Waals surface area contributed by atoms with E-state index in [0.29, 0.717) is 24.1 Å². The Balaban J connectivity index is 1.69. The number of urea groups is 1. The third-order valence-corrected chi connectivity index (χ3v) is 4.25. The summed E-state index contributed by atoms with van der Waals surface area (Å²) in [4.78, 5) is 24.0. The number of amides is 2. The Morgan fingerprint density at radius 2 is 1.96 bits per heavy atom. The third kappa shape index (κ3) is 3.31. The highest BCUT2D eigenvalue weighted by Crippen LogP contribution is 2.31. The molecular formula is C19H20N2O3. The number of benzene rings is 2. The molecule has 2 unspecified atom stereocenters. The van der Waals surface area contributed by atoms with Crippen LogP contribution in [0, 0.1) is 0 Å². The third-order valence-electron chi connectivity index (χ3n) is 4.25. The highest BCUT2D eigenvalue weighted by Gasteiger charge is 2.31. The number of carbonyl (C=O) groups is 2. The van der Waals surface area contributed by atoms with E-state index in [4.69, 9.17) is 0 Å². The van der Waals surface area contributed by atoms with Crippen LogP contribution in [0.15, 0.2) is 48.5 Å². The highest BCUT2D eigenvalue weighted by molar-refractivity contribution is 5.98. The fourth-order valence-corrected chi connectivity index (χ4v) is 3.03. The Kier molecular flexibility index (Phi) is 4.62. The van der Waals surface area contributed by atoms with Crippen LogP contribution in [0.4, 0.5) is 10.5 Å². The Morgan fingerprint density at radius 3 is 2.75 bits per heavy atom. The van der Waals surface area contributed by atoms with Gasteiger partial charge in [0.15, 0.2) is 5.78 Å². The Hall–Kier alpha value is -2.66. The number of aliphatic hydroxyl groups is 1. The zero-order valence-electron chi connectivity index (χ0n) is 13.5. The van der Waals surface area contributed by atoms with Crippen LogP contribution in [0.2, 0.25) is 0 Å². The summed E-state index contributed by atoms with van der Waals surface area (Å²) in [5.74, 6) is 0.0270. The number of ketones is 1. The average molecular weight is 324 g/mol. The molecule has 0 aliphatic heterocycles. The minimum absolute atomic E-state index is 0.0270. The Labute approximate surface area is 140 Å². The lowest BCUT2D eigenvalue weighted by Gasteiger charge is -2.18. The van der Waals surface area contributed by atoms with Gasteiger partial charge in [0, 0.05) is 24.1 Å². The first-order valence-corrected chi connectivity index (χ1v) is 8.05. The van der Waals surface area contributed by atoms with Gasteiger partial charge in [-0.2, -0.15) is 0 Å². The number of hydrogen-bond acceptors (Lipinski definition) is 3. The van der Waals surface area contributed by atoms with Gasteiger partial charge in [-0.15, -0.1) is 0 Å². The molecule has 0 saturated heterocycles. The topological polar surface area (TPSA) is 78.4 Å². The summed E-state index contributed by atoms with van der Waals surface area (Å²) in [6.45, 7) is 1.80. The van der Waals surface area contributed by atoms with Crippen molar-refractivity contribution in [2.24, 2.45) is 0 Å². The fourth-order valence-electron chi connectivity index (χ4n) is 3.03. The molecule has 0 bridgehead atoms. The van der Waals surface area contributed by atoms with E-state index in [0.717, 1.165) is 11.1 Å². The normalized spacial score (nSPS) is 18.8. The van der Waals surface area contributed by atoms with Gasteiger partial charge in [-0.1, -0.05) is 43.3 Å². The van der Waals surface area contributed by atoms with Gasteiger partial charge in [-0.25, -0.2) is 4.79 Å². The van der Waals surface area contributed by atoms with Gasteiger partial charge in [0.05, 0.1) is 12.1 Å². The van der Waals surface area contributed by atoms with Crippen molar-refractivity contribution >= 4 is 17.5 Å². The van der Waals surface area contributed by atoms with Crippen molar-refractivity contribution in [2.75, 3.05) is 5.32 Å². The van der Waals surface area contributed by atoms with Crippen molar-refractivity contribution in [1.82, 2.24) is 5.32 Å². The van der Waals surface area contributed by atoms with Crippen molar-refractivity contribution < 1.29 is 14.7 Å². The Bertz CT molecular complexity index is 773. The molecule has 1 aliphatic carbocycles. The Morgan fingerprint density at radius 1 is 1.17 bits per heavy atom. The monoisotopic (exact) mass is 324 g/mol.